The largest absolute Gasteiger partial charge is 0.358 e. The van der Waals surface area contributed by atoms with Gasteiger partial charge in [0.2, 0.25) is 0 Å². The Kier molecular flexibility index (Phi) is 1.67. The highest BCUT2D eigenvalue weighted by Gasteiger charge is 2.01. The molecule has 2 rings (SSSR count). The Balaban J connectivity index is 2.92. The van der Waals surface area contributed by atoms with E-state index in [-0.39, 0.29) is 5.69 Å². The number of aromatic nitrogens is 3. The molecule has 0 aromatic carbocycles. The van der Waals surface area contributed by atoms with Gasteiger partial charge in [-0.25, -0.2) is 7.58 Å². The summed E-state index contributed by atoms with van der Waals surface area (Å²) in [5.74, 6) is 0. The summed E-state index contributed by atoms with van der Waals surface area (Å²) in [6.45, 7) is 1.93. The lowest BCUT2D eigenvalue weighted by atomic mass is 10.4. The highest BCUT2D eigenvalue weighted by atomic mass is 127. The van der Waals surface area contributed by atoms with Gasteiger partial charge in [-0.3, -0.25) is 0 Å². The number of hydrogen-bond donors (Lipinski definition) is 1. The molecule has 0 amide bonds. The second-order valence-electron chi connectivity index (χ2n) is 2.59. The molecule has 0 radical (unpaired) electrons. The van der Waals surface area contributed by atoms with E-state index in [4.69, 9.17) is 0 Å². The van der Waals surface area contributed by atoms with Crippen molar-refractivity contribution in [2.24, 2.45) is 0 Å². The van der Waals surface area contributed by atoms with Gasteiger partial charge in [0, 0.05) is 17.3 Å². The Bertz CT molecular complexity index is 485. The van der Waals surface area contributed by atoms with Crippen molar-refractivity contribution in [3.63, 3.8) is 0 Å². The predicted octanol–water partition coefficient (Wildman–Crippen LogP) is 1.23. The van der Waals surface area contributed by atoms with Crippen LogP contribution in [0.3, 0.4) is 0 Å². The number of H-pyrrole nitrogens is 1. The molecule has 0 unspecified atom stereocenters. The number of nitrogens with zero attached hydrogens (tertiary/aromatic N) is 2. The van der Waals surface area contributed by atoms with Crippen molar-refractivity contribution < 1.29 is 0 Å². The van der Waals surface area contributed by atoms with Gasteiger partial charge in [-0.1, -0.05) is 0 Å². The minimum atomic E-state index is -0.245. The van der Waals surface area contributed by atoms with Gasteiger partial charge < -0.3 is 4.98 Å². The Morgan fingerprint density at radius 1 is 1.67 bits per heavy atom. The van der Waals surface area contributed by atoms with Crippen LogP contribution in [0.15, 0.2) is 17.1 Å². The fourth-order valence-corrected chi connectivity index (χ4v) is 1.52. The molecule has 0 atom stereocenters. The molecule has 5 heteroatoms. The zero-order valence-electron chi connectivity index (χ0n) is 6.34. The van der Waals surface area contributed by atoms with Crippen LogP contribution in [0.5, 0.6) is 0 Å². The Hall–Kier alpha value is -0.850. The number of aromatic amines is 1. The number of hydrogen-bond acceptors (Lipinski definition) is 2. The van der Waals surface area contributed by atoms with Crippen LogP contribution < -0.4 is 5.69 Å². The van der Waals surface area contributed by atoms with Gasteiger partial charge in [0.25, 0.3) is 0 Å². The lowest BCUT2D eigenvalue weighted by Gasteiger charge is -1.91. The van der Waals surface area contributed by atoms with E-state index in [9.17, 15) is 4.79 Å². The number of nitrogens with one attached hydrogen (secondary N) is 1. The maximum atomic E-state index is 11.1. The average Bonchev–Trinajstić information content (AvgIpc) is 2.30. The molecule has 0 aliphatic rings. The monoisotopic (exact) mass is 275 g/mol. The first-order valence-corrected chi connectivity index (χ1v) is 4.38. The smallest absolute Gasteiger partial charge is 0.343 e. The van der Waals surface area contributed by atoms with E-state index in [1.165, 1.54) is 2.78 Å². The summed E-state index contributed by atoms with van der Waals surface area (Å²) in [5.41, 5.74) is 1.43. The first-order valence-electron chi connectivity index (χ1n) is 3.42. The molecule has 2 aromatic rings. The van der Waals surface area contributed by atoms with E-state index in [1.54, 1.807) is 6.20 Å². The van der Waals surface area contributed by atoms with Gasteiger partial charge in [0.05, 0.1) is 22.9 Å². The zero-order valence-corrected chi connectivity index (χ0v) is 8.49. The van der Waals surface area contributed by atoms with E-state index in [2.05, 4.69) is 9.97 Å². The minimum absolute atomic E-state index is 0.245. The third kappa shape index (κ3) is 1.13. The normalized spacial score (nSPS) is 10.8. The summed E-state index contributed by atoms with van der Waals surface area (Å²) in [6.07, 6.45) is 1.76. The molecule has 0 saturated carbocycles. The predicted molar refractivity (Wildman–Crippen MR) is 54.5 cm³/mol. The van der Waals surface area contributed by atoms with Crippen LogP contribution in [0.1, 0.15) is 5.69 Å². The second-order valence-corrected chi connectivity index (χ2v) is 3.63. The van der Waals surface area contributed by atoms with Gasteiger partial charge in [-0.05, 0) is 13.0 Å². The molecule has 4 nitrogen and oxygen atoms in total. The first kappa shape index (κ1) is 7.78. The van der Waals surface area contributed by atoms with Crippen molar-refractivity contribution in [3.8, 4) is 0 Å². The molecule has 0 bridgehead atoms. The van der Waals surface area contributed by atoms with Crippen molar-refractivity contribution >= 4 is 33.9 Å². The highest BCUT2D eigenvalue weighted by Crippen LogP contribution is 2.10. The number of halogens is 1. The molecule has 2 heterocycles. The Morgan fingerprint density at radius 2 is 2.42 bits per heavy atom. The first-order chi connectivity index (χ1) is 5.66. The van der Waals surface area contributed by atoms with Gasteiger partial charge >= 0.3 is 5.69 Å². The number of rotatable bonds is 0. The Morgan fingerprint density at radius 3 is 3.17 bits per heavy atom. The van der Waals surface area contributed by atoms with E-state index < -0.39 is 0 Å². The third-order valence-electron chi connectivity index (χ3n) is 1.60. The molecular weight excluding hydrogens is 269 g/mol. The molecule has 1 N–H and O–H groups in total. The molecule has 0 aliphatic heterocycles. The molecule has 0 saturated heterocycles. The summed E-state index contributed by atoms with van der Waals surface area (Å²) in [7, 11) is 0. The third-order valence-corrected chi connectivity index (χ3v) is 2.29. The standard InChI is InChI=1S/C7H6IN3O/c1-4-2-5-3-11(8)7(12)10-6(5)9-4/h2-3H,1H3,(H,9,10,12). The molecule has 0 fully saturated rings. The molecule has 12 heavy (non-hydrogen) atoms. The van der Waals surface area contributed by atoms with Gasteiger partial charge in [-0.2, -0.15) is 4.98 Å². The average molecular weight is 275 g/mol. The summed E-state index contributed by atoms with van der Waals surface area (Å²) < 4.78 is 1.44. The second kappa shape index (κ2) is 2.58. The van der Waals surface area contributed by atoms with E-state index in [0.29, 0.717) is 5.65 Å². The summed E-state index contributed by atoms with van der Waals surface area (Å²) in [5, 5.41) is 0.960. The Labute approximate surface area is 82.1 Å². The topological polar surface area (TPSA) is 50.7 Å². The molecule has 0 aliphatic carbocycles. The highest BCUT2D eigenvalue weighted by molar-refractivity contribution is 14.1. The van der Waals surface area contributed by atoms with E-state index in [0.717, 1.165) is 11.1 Å². The van der Waals surface area contributed by atoms with Gasteiger partial charge in [0.1, 0.15) is 5.65 Å². The fourth-order valence-electron chi connectivity index (χ4n) is 1.11. The van der Waals surface area contributed by atoms with E-state index in [1.807, 2.05) is 35.9 Å². The van der Waals surface area contributed by atoms with Crippen molar-refractivity contribution in [2.75, 3.05) is 0 Å². The van der Waals surface area contributed by atoms with Crippen LogP contribution >= 0.6 is 22.9 Å². The van der Waals surface area contributed by atoms with E-state index >= 15 is 0 Å². The van der Waals surface area contributed by atoms with Crippen molar-refractivity contribution in [3.05, 3.63) is 28.4 Å². The molecule has 62 valence electrons. The van der Waals surface area contributed by atoms with Crippen LogP contribution in [-0.4, -0.2) is 12.7 Å². The molecule has 2 aromatic heterocycles. The zero-order chi connectivity index (χ0) is 8.72. The summed E-state index contributed by atoms with van der Waals surface area (Å²) in [6, 6.07) is 1.96. The van der Waals surface area contributed by atoms with Crippen LogP contribution in [0.25, 0.3) is 11.0 Å². The minimum Gasteiger partial charge on any atom is -0.343 e. The lowest BCUT2D eigenvalue weighted by molar-refractivity contribution is 1.08. The summed E-state index contributed by atoms with van der Waals surface area (Å²) >= 11 is 1.91. The number of aryl methyl sites for hydroxylation is 1. The van der Waals surface area contributed by atoms with Crippen LogP contribution in [0.4, 0.5) is 0 Å². The quantitative estimate of drug-likeness (QED) is 0.735. The van der Waals surface area contributed by atoms with Crippen molar-refractivity contribution in [2.45, 2.75) is 6.92 Å². The maximum Gasteiger partial charge on any atom is 0.358 e. The van der Waals surface area contributed by atoms with Crippen molar-refractivity contribution in [1.82, 2.24) is 12.7 Å². The van der Waals surface area contributed by atoms with Crippen LogP contribution in [-0.2, 0) is 0 Å². The number of fused-ring (bicyclic) bond motifs is 1. The fraction of sp³-hybridized carbons (Fsp3) is 0.143. The van der Waals surface area contributed by atoms with Crippen LogP contribution in [0, 0.1) is 6.92 Å². The SMILES string of the molecule is Cc1cc2cn(I)c(=O)nc2[nH]1. The maximum absolute atomic E-state index is 11.1. The lowest BCUT2D eigenvalue weighted by Crippen LogP contribution is -2.14. The molecular formula is C7H6IN3O. The van der Waals surface area contributed by atoms with Crippen molar-refractivity contribution in [1.29, 1.82) is 0 Å². The summed E-state index contributed by atoms with van der Waals surface area (Å²) in [4.78, 5) is 17.9. The van der Waals surface area contributed by atoms with Crippen LogP contribution in [0.2, 0.25) is 0 Å². The molecule has 0 spiro atoms. The van der Waals surface area contributed by atoms with Gasteiger partial charge in [-0.15, -0.1) is 0 Å². The van der Waals surface area contributed by atoms with Gasteiger partial charge in [0.15, 0.2) is 0 Å².